The van der Waals surface area contributed by atoms with Gasteiger partial charge >= 0.3 is 0 Å². The number of aromatic nitrogens is 2. The Balaban J connectivity index is 2.26. The van der Waals surface area contributed by atoms with Gasteiger partial charge in [-0.15, -0.1) is 0 Å². The molecule has 0 spiro atoms. The summed E-state index contributed by atoms with van der Waals surface area (Å²) in [5.41, 5.74) is 3.26. The van der Waals surface area contributed by atoms with Crippen LogP contribution in [0.5, 0.6) is 5.75 Å². The molecule has 0 atom stereocenters. The van der Waals surface area contributed by atoms with E-state index in [1.165, 1.54) is 0 Å². The second kappa shape index (κ2) is 5.69. The summed E-state index contributed by atoms with van der Waals surface area (Å²) < 4.78 is 5.38. The number of hydrogen-bond donors (Lipinski definition) is 0. The highest BCUT2D eigenvalue weighted by atomic mass is 16.5. The van der Waals surface area contributed by atoms with Gasteiger partial charge in [0.25, 0.3) is 0 Å². The van der Waals surface area contributed by atoms with Crippen molar-refractivity contribution < 1.29 is 4.74 Å². The van der Waals surface area contributed by atoms with Crippen LogP contribution in [-0.2, 0) is 6.54 Å². The first kappa shape index (κ1) is 13.3. The maximum atomic E-state index is 5.38. The Labute approximate surface area is 114 Å². The Hall–Kier alpha value is -2.10. The van der Waals surface area contributed by atoms with Crippen LogP contribution in [0.1, 0.15) is 16.8 Å². The summed E-state index contributed by atoms with van der Waals surface area (Å²) in [5, 5.41) is 0. The van der Waals surface area contributed by atoms with E-state index >= 15 is 0 Å². The zero-order chi connectivity index (χ0) is 13.8. The van der Waals surface area contributed by atoms with Gasteiger partial charge in [0.15, 0.2) is 0 Å². The Bertz CT molecular complexity index is 569. The number of methoxy groups -OCH3 is 1. The molecule has 19 heavy (non-hydrogen) atoms. The average molecular weight is 257 g/mol. The fourth-order valence-electron chi connectivity index (χ4n) is 2.07. The highest BCUT2D eigenvalue weighted by Crippen LogP contribution is 2.23. The van der Waals surface area contributed by atoms with E-state index in [1.54, 1.807) is 13.4 Å². The molecule has 1 heterocycles. The lowest BCUT2D eigenvalue weighted by atomic mass is 10.1. The normalized spacial score (nSPS) is 10.3. The van der Waals surface area contributed by atoms with Crippen molar-refractivity contribution in [3.63, 3.8) is 0 Å². The van der Waals surface area contributed by atoms with Gasteiger partial charge < -0.3 is 9.64 Å². The molecule has 1 aromatic heterocycles. The predicted molar refractivity (Wildman–Crippen MR) is 76.6 cm³/mol. The van der Waals surface area contributed by atoms with E-state index < -0.39 is 0 Å². The summed E-state index contributed by atoms with van der Waals surface area (Å²) in [4.78, 5) is 10.7. The molecular formula is C15H19N3O. The van der Waals surface area contributed by atoms with Crippen LogP contribution < -0.4 is 9.64 Å². The second-order valence-corrected chi connectivity index (χ2v) is 4.58. The Kier molecular flexibility index (Phi) is 4.00. The molecule has 4 nitrogen and oxygen atoms in total. The smallest absolute Gasteiger partial charge is 0.135 e. The molecule has 0 N–H and O–H groups in total. The van der Waals surface area contributed by atoms with Gasteiger partial charge in [-0.05, 0) is 19.9 Å². The topological polar surface area (TPSA) is 38.2 Å². The molecule has 100 valence electrons. The van der Waals surface area contributed by atoms with E-state index in [4.69, 9.17) is 4.74 Å². The van der Waals surface area contributed by atoms with E-state index in [-0.39, 0.29) is 0 Å². The Morgan fingerprint density at radius 1 is 1.16 bits per heavy atom. The van der Waals surface area contributed by atoms with Gasteiger partial charge in [-0.2, -0.15) is 0 Å². The third kappa shape index (κ3) is 2.84. The number of nitrogens with zero attached hydrogens (tertiary/aromatic N) is 3. The van der Waals surface area contributed by atoms with Crippen LogP contribution in [-0.4, -0.2) is 24.1 Å². The standard InChI is InChI=1S/C15H19N3O/c1-11-12(2)16-10-17-15(11)18(3)9-13-7-5-6-8-14(13)19-4/h5-8,10H,9H2,1-4H3. The fourth-order valence-corrected chi connectivity index (χ4v) is 2.07. The highest BCUT2D eigenvalue weighted by molar-refractivity contribution is 5.48. The van der Waals surface area contributed by atoms with E-state index in [0.29, 0.717) is 0 Å². The predicted octanol–water partition coefficient (Wildman–Crippen LogP) is 2.74. The summed E-state index contributed by atoms with van der Waals surface area (Å²) >= 11 is 0. The Morgan fingerprint density at radius 2 is 1.89 bits per heavy atom. The number of hydrogen-bond acceptors (Lipinski definition) is 4. The van der Waals surface area contributed by atoms with E-state index in [1.807, 2.05) is 39.1 Å². The largest absolute Gasteiger partial charge is 0.496 e. The molecule has 2 aromatic rings. The van der Waals surface area contributed by atoms with Gasteiger partial charge in [-0.25, -0.2) is 9.97 Å². The van der Waals surface area contributed by atoms with E-state index in [9.17, 15) is 0 Å². The molecule has 4 heteroatoms. The van der Waals surface area contributed by atoms with Crippen molar-refractivity contribution in [3.8, 4) is 5.75 Å². The SMILES string of the molecule is COc1ccccc1CN(C)c1ncnc(C)c1C. The van der Waals surface area contributed by atoms with Crippen molar-refractivity contribution in [2.24, 2.45) is 0 Å². The summed E-state index contributed by atoms with van der Waals surface area (Å²) in [5.74, 6) is 1.86. The van der Waals surface area contributed by atoms with Crippen LogP contribution >= 0.6 is 0 Å². The lowest BCUT2D eigenvalue weighted by Crippen LogP contribution is -2.19. The van der Waals surface area contributed by atoms with Crippen LogP contribution in [0.4, 0.5) is 5.82 Å². The summed E-state index contributed by atoms with van der Waals surface area (Å²) in [6, 6.07) is 8.03. The zero-order valence-electron chi connectivity index (χ0n) is 11.8. The molecule has 2 rings (SSSR count). The summed E-state index contributed by atoms with van der Waals surface area (Å²) in [6.07, 6.45) is 1.61. The van der Waals surface area contributed by atoms with Gasteiger partial charge in [0, 0.05) is 30.4 Å². The minimum absolute atomic E-state index is 0.751. The molecule has 0 aliphatic carbocycles. The number of rotatable bonds is 4. The van der Waals surface area contributed by atoms with Crippen molar-refractivity contribution >= 4 is 5.82 Å². The maximum Gasteiger partial charge on any atom is 0.135 e. The van der Waals surface area contributed by atoms with Crippen molar-refractivity contribution in [2.45, 2.75) is 20.4 Å². The molecular weight excluding hydrogens is 238 g/mol. The van der Waals surface area contributed by atoms with Crippen molar-refractivity contribution in [1.29, 1.82) is 0 Å². The average Bonchev–Trinajstić information content (AvgIpc) is 2.42. The molecule has 0 saturated heterocycles. The number of ether oxygens (including phenoxy) is 1. The lowest BCUT2D eigenvalue weighted by molar-refractivity contribution is 0.409. The second-order valence-electron chi connectivity index (χ2n) is 4.58. The molecule has 0 aliphatic rings. The van der Waals surface area contributed by atoms with Crippen molar-refractivity contribution in [1.82, 2.24) is 9.97 Å². The van der Waals surface area contributed by atoms with Crippen molar-refractivity contribution in [2.75, 3.05) is 19.1 Å². The molecule has 1 aromatic carbocycles. The maximum absolute atomic E-state index is 5.38. The number of para-hydroxylation sites is 1. The number of anilines is 1. The van der Waals surface area contributed by atoms with Crippen LogP contribution in [0.15, 0.2) is 30.6 Å². The molecule has 0 aliphatic heterocycles. The lowest BCUT2D eigenvalue weighted by Gasteiger charge is -2.21. The van der Waals surface area contributed by atoms with Crippen LogP contribution in [0.2, 0.25) is 0 Å². The van der Waals surface area contributed by atoms with Gasteiger partial charge in [-0.3, -0.25) is 0 Å². The van der Waals surface area contributed by atoms with Crippen molar-refractivity contribution in [3.05, 3.63) is 47.4 Å². The quantitative estimate of drug-likeness (QED) is 0.844. The van der Waals surface area contributed by atoms with E-state index in [0.717, 1.165) is 34.9 Å². The third-order valence-corrected chi connectivity index (χ3v) is 3.27. The first-order chi connectivity index (χ1) is 9.13. The fraction of sp³-hybridized carbons (Fsp3) is 0.333. The third-order valence-electron chi connectivity index (χ3n) is 3.27. The first-order valence-electron chi connectivity index (χ1n) is 6.24. The van der Waals surface area contributed by atoms with Gasteiger partial charge in [0.2, 0.25) is 0 Å². The molecule has 0 saturated carbocycles. The van der Waals surface area contributed by atoms with Gasteiger partial charge in [0.1, 0.15) is 17.9 Å². The zero-order valence-corrected chi connectivity index (χ0v) is 11.8. The van der Waals surface area contributed by atoms with E-state index in [2.05, 4.69) is 20.9 Å². The molecule has 0 radical (unpaired) electrons. The van der Waals surface area contributed by atoms with Crippen LogP contribution in [0, 0.1) is 13.8 Å². The molecule has 0 fully saturated rings. The molecule has 0 amide bonds. The minimum atomic E-state index is 0.751. The number of aryl methyl sites for hydroxylation is 1. The number of benzene rings is 1. The molecule has 0 bridgehead atoms. The summed E-state index contributed by atoms with van der Waals surface area (Å²) in [6.45, 7) is 4.79. The van der Waals surface area contributed by atoms with Gasteiger partial charge in [0.05, 0.1) is 7.11 Å². The van der Waals surface area contributed by atoms with Crippen LogP contribution in [0.3, 0.4) is 0 Å². The van der Waals surface area contributed by atoms with Crippen LogP contribution in [0.25, 0.3) is 0 Å². The van der Waals surface area contributed by atoms with Gasteiger partial charge in [-0.1, -0.05) is 18.2 Å². The monoisotopic (exact) mass is 257 g/mol. The first-order valence-corrected chi connectivity index (χ1v) is 6.24. The molecule has 0 unspecified atom stereocenters. The summed E-state index contributed by atoms with van der Waals surface area (Å²) in [7, 11) is 3.72. The minimum Gasteiger partial charge on any atom is -0.496 e. The Morgan fingerprint density at radius 3 is 2.63 bits per heavy atom. The highest BCUT2D eigenvalue weighted by Gasteiger charge is 2.11.